The molecule has 0 saturated heterocycles. The van der Waals surface area contributed by atoms with Gasteiger partial charge in [0, 0.05) is 23.2 Å². The summed E-state index contributed by atoms with van der Waals surface area (Å²) in [6.45, 7) is 0.564. The number of thiophene rings is 1. The Hall–Kier alpha value is -3.32. The molecule has 5 rings (SSSR count). The van der Waals surface area contributed by atoms with Crippen LogP contribution in [0.1, 0.15) is 12.0 Å². The van der Waals surface area contributed by atoms with Gasteiger partial charge in [-0.05, 0) is 42.2 Å². The van der Waals surface area contributed by atoms with Crippen molar-refractivity contribution in [3.05, 3.63) is 82.0 Å². The Balaban J connectivity index is 1.51. The highest BCUT2D eigenvalue weighted by molar-refractivity contribution is 7.17. The lowest BCUT2D eigenvalue weighted by Crippen LogP contribution is -2.39. The van der Waals surface area contributed by atoms with E-state index in [9.17, 15) is 14.0 Å². The van der Waals surface area contributed by atoms with Crippen LogP contribution in [0.3, 0.4) is 0 Å². The maximum absolute atomic E-state index is 13.3. The molecule has 2 aromatic carbocycles. The first-order chi connectivity index (χ1) is 14.6. The van der Waals surface area contributed by atoms with E-state index in [1.807, 2.05) is 29.6 Å². The van der Waals surface area contributed by atoms with Gasteiger partial charge in [0.1, 0.15) is 17.2 Å². The number of hydrogen-bond donors (Lipinski definition) is 0. The number of carbonyl (C=O) groups excluding carboxylic acids is 1. The van der Waals surface area contributed by atoms with Crippen molar-refractivity contribution in [3.63, 3.8) is 0 Å². The number of rotatable bonds is 3. The van der Waals surface area contributed by atoms with Crippen LogP contribution in [0.2, 0.25) is 0 Å². The number of carbonyl (C=O) groups is 1. The number of amides is 1. The van der Waals surface area contributed by atoms with E-state index >= 15 is 0 Å². The van der Waals surface area contributed by atoms with Crippen LogP contribution in [0, 0.1) is 5.82 Å². The van der Waals surface area contributed by atoms with E-state index < -0.39 is 0 Å². The molecule has 0 bridgehead atoms. The average molecular weight is 419 g/mol. The highest BCUT2D eigenvalue weighted by atomic mass is 32.1. The Kier molecular flexibility index (Phi) is 4.67. The highest BCUT2D eigenvalue weighted by Gasteiger charge is 2.23. The van der Waals surface area contributed by atoms with E-state index in [-0.39, 0.29) is 23.8 Å². The van der Waals surface area contributed by atoms with Gasteiger partial charge in [-0.3, -0.25) is 14.2 Å². The van der Waals surface area contributed by atoms with Gasteiger partial charge in [-0.15, -0.1) is 11.3 Å². The molecule has 2 aromatic heterocycles. The number of anilines is 1. The lowest BCUT2D eigenvalue weighted by atomic mass is 10.0. The van der Waals surface area contributed by atoms with Gasteiger partial charge in [-0.2, -0.15) is 0 Å². The predicted octanol–water partition coefficient (Wildman–Crippen LogP) is 4.24. The average Bonchev–Trinajstić information content (AvgIpc) is 3.20. The van der Waals surface area contributed by atoms with Crippen LogP contribution in [0.15, 0.2) is 65.0 Å². The fourth-order valence-corrected chi connectivity index (χ4v) is 4.85. The number of aromatic nitrogens is 2. The fraction of sp³-hybridized carbons (Fsp3) is 0.174. The van der Waals surface area contributed by atoms with Crippen LogP contribution in [0.4, 0.5) is 10.1 Å². The minimum atomic E-state index is -0.332. The van der Waals surface area contributed by atoms with E-state index in [2.05, 4.69) is 4.98 Å². The predicted molar refractivity (Wildman–Crippen MR) is 116 cm³/mol. The van der Waals surface area contributed by atoms with Crippen molar-refractivity contribution >= 4 is 33.1 Å². The molecule has 0 radical (unpaired) electrons. The Morgan fingerprint density at radius 1 is 1.13 bits per heavy atom. The van der Waals surface area contributed by atoms with Crippen molar-refractivity contribution in [2.75, 3.05) is 11.4 Å². The Morgan fingerprint density at radius 2 is 1.93 bits per heavy atom. The second-order valence-corrected chi connectivity index (χ2v) is 8.15. The van der Waals surface area contributed by atoms with Crippen LogP contribution in [0.25, 0.3) is 21.3 Å². The second-order valence-electron chi connectivity index (χ2n) is 7.29. The standard InChI is InChI=1S/C23H18FN3O2S/c24-17-9-7-15(8-10-17)18-13-30-22-21(18)23(29)26(14-25-22)12-20(28)27-11-3-5-16-4-1-2-6-19(16)27/h1-2,4,6-10,13-14H,3,5,11-12H2. The van der Waals surface area contributed by atoms with Gasteiger partial charge >= 0.3 is 0 Å². The summed E-state index contributed by atoms with van der Waals surface area (Å²) in [5.41, 5.74) is 3.25. The normalized spacial score (nSPS) is 13.4. The zero-order chi connectivity index (χ0) is 20.7. The van der Waals surface area contributed by atoms with E-state index in [0.29, 0.717) is 22.3 Å². The van der Waals surface area contributed by atoms with Gasteiger partial charge in [0.25, 0.3) is 5.56 Å². The molecule has 7 heteroatoms. The third-order valence-electron chi connectivity index (χ3n) is 5.43. The zero-order valence-electron chi connectivity index (χ0n) is 16.0. The first kappa shape index (κ1) is 18.7. The van der Waals surface area contributed by atoms with E-state index in [1.54, 1.807) is 17.0 Å². The first-order valence-corrected chi connectivity index (χ1v) is 10.6. The van der Waals surface area contributed by atoms with Crippen molar-refractivity contribution in [2.45, 2.75) is 19.4 Å². The second kappa shape index (κ2) is 7.50. The number of benzene rings is 2. The molecule has 30 heavy (non-hydrogen) atoms. The van der Waals surface area contributed by atoms with Gasteiger partial charge in [-0.25, -0.2) is 9.37 Å². The number of para-hydroxylation sites is 1. The third kappa shape index (κ3) is 3.21. The van der Waals surface area contributed by atoms with Crippen LogP contribution in [-0.2, 0) is 17.8 Å². The number of halogens is 1. The molecule has 1 aliphatic rings. The fourth-order valence-electron chi connectivity index (χ4n) is 3.95. The van der Waals surface area contributed by atoms with E-state index in [1.165, 1.54) is 34.4 Å². The van der Waals surface area contributed by atoms with Gasteiger partial charge in [0.2, 0.25) is 5.91 Å². The maximum atomic E-state index is 13.3. The Morgan fingerprint density at radius 3 is 2.77 bits per heavy atom. The van der Waals surface area contributed by atoms with Gasteiger partial charge in [-0.1, -0.05) is 30.3 Å². The number of hydrogen-bond acceptors (Lipinski definition) is 4. The first-order valence-electron chi connectivity index (χ1n) is 9.72. The molecule has 0 N–H and O–H groups in total. The van der Waals surface area contributed by atoms with Crippen LogP contribution >= 0.6 is 11.3 Å². The highest BCUT2D eigenvalue weighted by Crippen LogP contribution is 2.31. The number of nitrogens with zero attached hydrogens (tertiary/aromatic N) is 3. The molecule has 0 spiro atoms. The van der Waals surface area contributed by atoms with Crippen LogP contribution < -0.4 is 10.5 Å². The summed E-state index contributed by atoms with van der Waals surface area (Å²) in [4.78, 5) is 33.0. The number of fused-ring (bicyclic) bond motifs is 2. The molecule has 5 nitrogen and oxygen atoms in total. The summed E-state index contributed by atoms with van der Waals surface area (Å²) in [7, 11) is 0. The van der Waals surface area contributed by atoms with Gasteiger partial charge in [0.05, 0.1) is 11.7 Å². The molecule has 0 aliphatic carbocycles. The molecule has 150 valence electrons. The van der Waals surface area contributed by atoms with Crippen molar-refractivity contribution in [2.24, 2.45) is 0 Å². The van der Waals surface area contributed by atoms with E-state index in [4.69, 9.17) is 0 Å². The molecule has 1 amide bonds. The van der Waals surface area contributed by atoms with Crippen LogP contribution in [-0.4, -0.2) is 22.0 Å². The summed E-state index contributed by atoms with van der Waals surface area (Å²) in [5, 5.41) is 2.31. The summed E-state index contributed by atoms with van der Waals surface area (Å²) in [6.07, 6.45) is 3.28. The molecule has 1 aliphatic heterocycles. The minimum absolute atomic E-state index is 0.0746. The van der Waals surface area contributed by atoms with E-state index in [0.717, 1.165) is 29.7 Å². The zero-order valence-corrected chi connectivity index (χ0v) is 16.9. The molecular weight excluding hydrogens is 401 g/mol. The molecule has 0 unspecified atom stereocenters. The minimum Gasteiger partial charge on any atom is -0.311 e. The molecule has 0 saturated carbocycles. The quantitative estimate of drug-likeness (QED) is 0.499. The number of aryl methyl sites for hydroxylation is 1. The molecule has 3 heterocycles. The molecule has 0 atom stereocenters. The third-order valence-corrected chi connectivity index (χ3v) is 6.32. The lowest BCUT2D eigenvalue weighted by Gasteiger charge is -2.29. The lowest BCUT2D eigenvalue weighted by molar-refractivity contribution is -0.119. The summed E-state index contributed by atoms with van der Waals surface area (Å²) in [6, 6.07) is 13.9. The monoisotopic (exact) mass is 419 g/mol. The molecule has 4 aromatic rings. The van der Waals surface area contributed by atoms with Crippen molar-refractivity contribution < 1.29 is 9.18 Å². The van der Waals surface area contributed by atoms with Gasteiger partial charge < -0.3 is 4.90 Å². The Bertz CT molecular complexity index is 1310. The summed E-state index contributed by atoms with van der Waals surface area (Å²) < 4.78 is 14.7. The molecular formula is C23H18FN3O2S. The Labute approximate surface area is 176 Å². The van der Waals surface area contributed by atoms with Crippen LogP contribution in [0.5, 0.6) is 0 Å². The van der Waals surface area contributed by atoms with Crippen molar-refractivity contribution in [1.82, 2.24) is 9.55 Å². The SMILES string of the molecule is O=C(Cn1cnc2scc(-c3ccc(F)cc3)c2c1=O)N1CCCc2ccccc21. The van der Waals surface area contributed by atoms with Crippen molar-refractivity contribution in [3.8, 4) is 11.1 Å². The maximum Gasteiger partial charge on any atom is 0.263 e. The summed E-state index contributed by atoms with van der Waals surface area (Å²) >= 11 is 1.36. The molecule has 0 fully saturated rings. The summed E-state index contributed by atoms with van der Waals surface area (Å²) in [5.74, 6) is -0.467. The smallest absolute Gasteiger partial charge is 0.263 e. The van der Waals surface area contributed by atoms with Gasteiger partial charge in [0.15, 0.2) is 0 Å². The largest absolute Gasteiger partial charge is 0.311 e. The topological polar surface area (TPSA) is 55.2 Å². The van der Waals surface area contributed by atoms with Crippen molar-refractivity contribution in [1.29, 1.82) is 0 Å².